The molecule has 1 aliphatic heterocycles. The van der Waals surface area contributed by atoms with Crippen LogP contribution in [0.3, 0.4) is 0 Å². The maximum atomic E-state index is 12.6. The number of hydrogen-bond acceptors (Lipinski definition) is 5. The van der Waals surface area contributed by atoms with Crippen LogP contribution in [0.25, 0.3) is 16.3 Å². The lowest BCUT2D eigenvalue weighted by Gasteiger charge is -2.31. The summed E-state index contributed by atoms with van der Waals surface area (Å²) >= 11 is 1.70. The second kappa shape index (κ2) is 9.22. The molecule has 0 saturated carbocycles. The first-order valence-electron chi connectivity index (χ1n) is 10.1. The number of fused-ring (bicyclic) bond motifs is 1. The predicted molar refractivity (Wildman–Crippen MR) is 119 cm³/mol. The number of para-hydroxylation sites is 1. The Bertz CT molecular complexity index is 1040. The van der Waals surface area contributed by atoms with E-state index >= 15 is 0 Å². The Morgan fingerprint density at radius 1 is 1.20 bits per heavy atom. The van der Waals surface area contributed by atoms with Crippen LogP contribution in [-0.4, -0.2) is 41.5 Å². The summed E-state index contributed by atoms with van der Waals surface area (Å²) in [7, 11) is 0. The van der Waals surface area contributed by atoms with Gasteiger partial charge in [0.05, 0.1) is 15.2 Å². The second-order valence-electron chi connectivity index (χ2n) is 7.55. The standard InChI is InChI=1S/C24H24N2O3S/c1-17-8-10-18(11-9-17)12-13-23(28)29-16-22(27)26-14-4-5-19(15-26)24-25-20-6-2-3-7-21(20)30-24/h2-3,6-13,19H,4-5,14-16H2,1H3/b13-12+/t19-/m1/s1. The Kier molecular flexibility index (Phi) is 6.23. The average Bonchev–Trinajstić information content (AvgIpc) is 3.21. The van der Waals surface area contributed by atoms with Gasteiger partial charge in [-0.15, -0.1) is 11.3 Å². The molecule has 5 nitrogen and oxygen atoms in total. The van der Waals surface area contributed by atoms with Crippen LogP contribution in [0.15, 0.2) is 54.6 Å². The smallest absolute Gasteiger partial charge is 0.331 e. The van der Waals surface area contributed by atoms with Crippen molar-refractivity contribution in [3.63, 3.8) is 0 Å². The molecule has 1 amide bonds. The normalized spacial score (nSPS) is 16.8. The van der Waals surface area contributed by atoms with E-state index in [2.05, 4.69) is 6.07 Å². The van der Waals surface area contributed by atoms with Gasteiger partial charge in [-0.05, 0) is 43.5 Å². The van der Waals surface area contributed by atoms with Gasteiger partial charge in [0.15, 0.2) is 6.61 Å². The summed E-state index contributed by atoms with van der Waals surface area (Å²) in [4.78, 5) is 31.1. The van der Waals surface area contributed by atoms with E-state index in [9.17, 15) is 9.59 Å². The minimum atomic E-state index is -0.511. The van der Waals surface area contributed by atoms with Crippen molar-refractivity contribution in [2.75, 3.05) is 19.7 Å². The van der Waals surface area contributed by atoms with Crippen molar-refractivity contribution >= 4 is 39.5 Å². The first kappa shape index (κ1) is 20.3. The highest BCUT2D eigenvalue weighted by Crippen LogP contribution is 2.32. The molecule has 0 N–H and O–H groups in total. The van der Waals surface area contributed by atoms with E-state index < -0.39 is 5.97 Å². The van der Waals surface area contributed by atoms with Gasteiger partial charge >= 0.3 is 5.97 Å². The summed E-state index contributed by atoms with van der Waals surface area (Å²) in [5.41, 5.74) is 3.08. The van der Waals surface area contributed by atoms with Crippen LogP contribution in [0.5, 0.6) is 0 Å². The highest BCUT2D eigenvalue weighted by Gasteiger charge is 2.27. The lowest BCUT2D eigenvalue weighted by Crippen LogP contribution is -2.41. The SMILES string of the molecule is Cc1ccc(/C=C/C(=O)OCC(=O)N2CCC[C@@H](c3nc4ccccc4s3)C2)cc1. The number of carbonyl (C=O) groups is 2. The van der Waals surface area contributed by atoms with Gasteiger partial charge in [0, 0.05) is 25.1 Å². The van der Waals surface area contributed by atoms with Gasteiger partial charge < -0.3 is 9.64 Å². The van der Waals surface area contributed by atoms with Crippen LogP contribution in [-0.2, 0) is 14.3 Å². The second-order valence-corrected chi connectivity index (χ2v) is 8.61. The molecular weight excluding hydrogens is 396 g/mol. The van der Waals surface area contributed by atoms with Crippen LogP contribution in [0, 0.1) is 6.92 Å². The predicted octanol–water partition coefficient (Wildman–Crippen LogP) is 4.57. The number of likely N-dealkylation sites (tertiary alicyclic amines) is 1. The maximum absolute atomic E-state index is 12.6. The fourth-order valence-corrected chi connectivity index (χ4v) is 4.68. The molecule has 30 heavy (non-hydrogen) atoms. The average molecular weight is 421 g/mol. The lowest BCUT2D eigenvalue weighted by atomic mass is 9.99. The van der Waals surface area contributed by atoms with Gasteiger partial charge in [-0.25, -0.2) is 9.78 Å². The third kappa shape index (κ3) is 4.94. The maximum Gasteiger partial charge on any atom is 0.331 e. The molecule has 154 valence electrons. The fraction of sp³-hybridized carbons (Fsp3) is 0.292. The molecule has 1 fully saturated rings. The first-order chi connectivity index (χ1) is 14.6. The molecule has 4 rings (SSSR count). The van der Waals surface area contributed by atoms with Gasteiger partial charge in [-0.2, -0.15) is 0 Å². The van der Waals surface area contributed by atoms with E-state index in [4.69, 9.17) is 9.72 Å². The van der Waals surface area contributed by atoms with Crippen molar-refractivity contribution < 1.29 is 14.3 Å². The zero-order chi connectivity index (χ0) is 20.9. The largest absolute Gasteiger partial charge is 0.452 e. The summed E-state index contributed by atoms with van der Waals surface area (Å²) in [6.07, 6.45) is 4.99. The van der Waals surface area contributed by atoms with E-state index in [1.54, 1.807) is 22.3 Å². The molecule has 0 radical (unpaired) electrons. The van der Waals surface area contributed by atoms with Crippen LogP contribution in [0.2, 0.25) is 0 Å². The number of hydrogen-bond donors (Lipinski definition) is 0. The summed E-state index contributed by atoms with van der Waals surface area (Å²) in [5.74, 6) is -0.432. The van der Waals surface area contributed by atoms with E-state index in [0.717, 1.165) is 34.5 Å². The molecule has 1 saturated heterocycles. The minimum absolute atomic E-state index is 0.155. The lowest BCUT2D eigenvalue weighted by molar-refractivity contribution is -0.148. The topological polar surface area (TPSA) is 59.5 Å². The number of aryl methyl sites for hydroxylation is 1. The molecule has 2 heterocycles. The molecule has 0 bridgehead atoms. The van der Waals surface area contributed by atoms with Crippen molar-refractivity contribution in [3.05, 3.63) is 70.7 Å². The Hall–Kier alpha value is -2.99. The number of piperidine rings is 1. The van der Waals surface area contributed by atoms with Crippen molar-refractivity contribution in [2.24, 2.45) is 0 Å². The van der Waals surface area contributed by atoms with Gasteiger partial charge in [0.1, 0.15) is 0 Å². The molecule has 0 aliphatic carbocycles. The number of rotatable bonds is 5. The van der Waals surface area contributed by atoms with Gasteiger partial charge in [-0.3, -0.25) is 4.79 Å². The zero-order valence-electron chi connectivity index (χ0n) is 16.9. The summed E-state index contributed by atoms with van der Waals surface area (Å²) in [6.45, 7) is 3.09. The van der Waals surface area contributed by atoms with Crippen molar-refractivity contribution in [1.82, 2.24) is 9.88 Å². The van der Waals surface area contributed by atoms with Crippen LogP contribution < -0.4 is 0 Å². The van der Waals surface area contributed by atoms with Crippen molar-refractivity contribution in [2.45, 2.75) is 25.7 Å². The van der Waals surface area contributed by atoms with Crippen molar-refractivity contribution in [1.29, 1.82) is 0 Å². The number of ether oxygens (including phenoxy) is 1. The number of amides is 1. The Morgan fingerprint density at radius 2 is 2.00 bits per heavy atom. The monoisotopic (exact) mass is 420 g/mol. The third-order valence-electron chi connectivity index (χ3n) is 5.26. The Morgan fingerprint density at radius 3 is 2.80 bits per heavy atom. The summed E-state index contributed by atoms with van der Waals surface area (Å²) < 4.78 is 6.33. The Balaban J connectivity index is 1.30. The summed E-state index contributed by atoms with van der Waals surface area (Å²) in [6, 6.07) is 15.9. The molecule has 6 heteroatoms. The molecule has 0 spiro atoms. The van der Waals surface area contributed by atoms with Crippen LogP contribution in [0.1, 0.15) is 34.9 Å². The van der Waals surface area contributed by atoms with E-state index in [0.29, 0.717) is 13.1 Å². The molecule has 2 aromatic carbocycles. The highest BCUT2D eigenvalue weighted by molar-refractivity contribution is 7.18. The van der Waals surface area contributed by atoms with E-state index in [-0.39, 0.29) is 18.4 Å². The number of benzene rings is 2. The summed E-state index contributed by atoms with van der Waals surface area (Å²) in [5, 5.41) is 1.08. The molecule has 1 atom stereocenters. The zero-order valence-corrected chi connectivity index (χ0v) is 17.7. The highest BCUT2D eigenvalue weighted by atomic mass is 32.1. The minimum Gasteiger partial charge on any atom is -0.452 e. The third-order valence-corrected chi connectivity index (χ3v) is 6.46. The first-order valence-corrected chi connectivity index (χ1v) is 10.9. The molecule has 0 unspecified atom stereocenters. The van der Waals surface area contributed by atoms with Crippen LogP contribution >= 0.6 is 11.3 Å². The molecular formula is C24H24N2O3S. The number of nitrogens with zero attached hydrogens (tertiary/aromatic N) is 2. The van der Waals surface area contributed by atoms with E-state index in [1.807, 2.05) is 49.4 Å². The van der Waals surface area contributed by atoms with Crippen LogP contribution in [0.4, 0.5) is 0 Å². The number of aromatic nitrogens is 1. The Labute approximate surface area is 180 Å². The molecule has 1 aromatic heterocycles. The fourth-order valence-electron chi connectivity index (χ4n) is 3.58. The van der Waals surface area contributed by atoms with Gasteiger partial charge in [0.2, 0.25) is 0 Å². The number of thiazole rings is 1. The van der Waals surface area contributed by atoms with E-state index in [1.165, 1.54) is 10.8 Å². The molecule has 3 aromatic rings. The van der Waals surface area contributed by atoms with Gasteiger partial charge in [0.25, 0.3) is 5.91 Å². The molecule has 1 aliphatic rings. The number of carbonyl (C=O) groups excluding carboxylic acids is 2. The number of esters is 1. The van der Waals surface area contributed by atoms with Gasteiger partial charge in [-0.1, -0.05) is 42.0 Å². The quantitative estimate of drug-likeness (QED) is 0.448. The van der Waals surface area contributed by atoms with Crippen molar-refractivity contribution in [3.8, 4) is 0 Å².